The summed E-state index contributed by atoms with van der Waals surface area (Å²) < 4.78 is 5.81. The zero-order chi connectivity index (χ0) is 13.5. The second kappa shape index (κ2) is 7.02. The predicted octanol–water partition coefficient (Wildman–Crippen LogP) is 3.93. The second-order valence-corrected chi connectivity index (χ2v) is 4.50. The summed E-state index contributed by atoms with van der Waals surface area (Å²) in [6, 6.07) is 15.0. The number of aliphatic hydroxyl groups excluding tert-OH is 1. The highest BCUT2D eigenvalue weighted by molar-refractivity contribution is 6.30. The summed E-state index contributed by atoms with van der Waals surface area (Å²) in [5.41, 5.74) is 0.824. The van der Waals surface area contributed by atoms with Crippen molar-refractivity contribution in [2.75, 3.05) is 18.5 Å². The zero-order valence-electron chi connectivity index (χ0n) is 10.5. The van der Waals surface area contributed by atoms with Gasteiger partial charge in [0.05, 0.1) is 5.69 Å². The van der Waals surface area contributed by atoms with Gasteiger partial charge >= 0.3 is 0 Å². The Hall–Kier alpha value is -1.71. The van der Waals surface area contributed by atoms with Crippen LogP contribution < -0.4 is 10.1 Å². The summed E-state index contributed by atoms with van der Waals surface area (Å²) in [5, 5.41) is 12.7. The minimum atomic E-state index is 0.155. The molecular formula is C15H16ClNO2. The normalized spacial score (nSPS) is 10.2. The molecule has 2 aromatic rings. The largest absolute Gasteiger partial charge is 0.455 e. The topological polar surface area (TPSA) is 41.5 Å². The van der Waals surface area contributed by atoms with Crippen molar-refractivity contribution in [1.82, 2.24) is 0 Å². The van der Waals surface area contributed by atoms with Gasteiger partial charge in [-0.15, -0.1) is 0 Å². The van der Waals surface area contributed by atoms with Crippen LogP contribution in [0.5, 0.6) is 11.5 Å². The molecule has 0 saturated carbocycles. The lowest BCUT2D eigenvalue weighted by Gasteiger charge is -2.13. The van der Waals surface area contributed by atoms with Crippen LogP contribution in [0.2, 0.25) is 5.02 Å². The van der Waals surface area contributed by atoms with Crippen molar-refractivity contribution in [3.8, 4) is 11.5 Å². The average molecular weight is 278 g/mol. The van der Waals surface area contributed by atoms with E-state index in [1.165, 1.54) is 0 Å². The van der Waals surface area contributed by atoms with Gasteiger partial charge in [-0.1, -0.05) is 29.8 Å². The zero-order valence-corrected chi connectivity index (χ0v) is 11.2. The lowest BCUT2D eigenvalue weighted by molar-refractivity contribution is 0.292. The molecule has 2 aromatic carbocycles. The summed E-state index contributed by atoms with van der Waals surface area (Å²) in [5.74, 6) is 1.49. The molecule has 0 heterocycles. The van der Waals surface area contributed by atoms with Crippen molar-refractivity contribution in [3.05, 3.63) is 53.6 Å². The standard InChI is InChI=1S/C15H16ClNO2/c16-12-7-8-15(14(11-12)17-9-4-10-18)19-13-5-2-1-3-6-13/h1-3,5-8,11,17-18H,4,9-10H2. The SMILES string of the molecule is OCCCNc1cc(Cl)ccc1Oc1ccccc1. The maximum Gasteiger partial charge on any atom is 0.150 e. The molecular weight excluding hydrogens is 262 g/mol. The van der Waals surface area contributed by atoms with Crippen molar-refractivity contribution in [1.29, 1.82) is 0 Å². The van der Waals surface area contributed by atoms with Gasteiger partial charge in [-0.25, -0.2) is 0 Å². The summed E-state index contributed by atoms with van der Waals surface area (Å²) in [4.78, 5) is 0. The van der Waals surface area contributed by atoms with Gasteiger partial charge in [0.1, 0.15) is 5.75 Å². The fourth-order valence-corrected chi connectivity index (χ4v) is 1.82. The van der Waals surface area contributed by atoms with Crippen LogP contribution in [-0.2, 0) is 0 Å². The molecule has 4 heteroatoms. The third-order valence-electron chi connectivity index (χ3n) is 2.56. The van der Waals surface area contributed by atoms with Gasteiger partial charge in [0.2, 0.25) is 0 Å². The molecule has 2 N–H and O–H groups in total. The number of ether oxygens (including phenoxy) is 1. The Morgan fingerprint density at radius 2 is 1.89 bits per heavy atom. The summed E-state index contributed by atoms with van der Waals surface area (Å²) in [6.07, 6.45) is 0.678. The van der Waals surface area contributed by atoms with Crippen LogP contribution in [0.1, 0.15) is 6.42 Å². The quantitative estimate of drug-likeness (QED) is 0.786. The number of para-hydroxylation sites is 1. The van der Waals surface area contributed by atoms with Crippen molar-refractivity contribution in [3.63, 3.8) is 0 Å². The number of rotatable bonds is 6. The molecule has 0 saturated heterocycles. The van der Waals surface area contributed by atoms with E-state index < -0.39 is 0 Å². The second-order valence-electron chi connectivity index (χ2n) is 4.06. The smallest absolute Gasteiger partial charge is 0.150 e. The van der Waals surface area contributed by atoms with Crippen LogP contribution in [0, 0.1) is 0 Å². The molecule has 0 aliphatic carbocycles. The monoisotopic (exact) mass is 277 g/mol. The van der Waals surface area contributed by atoms with Gasteiger partial charge in [-0.05, 0) is 36.8 Å². The van der Waals surface area contributed by atoms with E-state index in [1.54, 1.807) is 6.07 Å². The maximum atomic E-state index is 8.81. The molecule has 100 valence electrons. The Bertz CT molecular complexity index is 517. The minimum Gasteiger partial charge on any atom is -0.455 e. The lowest BCUT2D eigenvalue weighted by Crippen LogP contribution is -2.04. The fraction of sp³-hybridized carbons (Fsp3) is 0.200. The van der Waals surface area contributed by atoms with Crippen LogP contribution in [0.15, 0.2) is 48.5 Å². The van der Waals surface area contributed by atoms with Crippen molar-refractivity contribution in [2.24, 2.45) is 0 Å². The number of hydrogen-bond acceptors (Lipinski definition) is 3. The third-order valence-corrected chi connectivity index (χ3v) is 2.80. The first-order chi connectivity index (χ1) is 9.29. The molecule has 0 aliphatic heterocycles. The van der Waals surface area contributed by atoms with E-state index in [9.17, 15) is 0 Å². The molecule has 0 unspecified atom stereocenters. The molecule has 2 rings (SSSR count). The van der Waals surface area contributed by atoms with Crippen molar-refractivity contribution in [2.45, 2.75) is 6.42 Å². The van der Waals surface area contributed by atoms with Gasteiger partial charge in [-0.2, -0.15) is 0 Å². The van der Waals surface area contributed by atoms with Crippen molar-refractivity contribution < 1.29 is 9.84 Å². The third kappa shape index (κ3) is 4.16. The van der Waals surface area contributed by atoms with Crippen LogP contribution in [0.3, 0.4) is 0 Å². The van der Waals surface area contributed by atoms with Crippen LogP contribution in [0.25, 0.3) is 0 Å². The molecule has 19 heavy (non-hydrogen) atoms. The Balaban J connectivity index is 2.14. The highest BCUT2D eigenvalue weighted by Gasteiger charge is 2.05. The molecule has 3 nitrogen and oxygen atoms in total. The van der Waals surface area contributed by atoms with E-state index in [0.717, 1.165) is 11.4 Å². The number of hydrogen-bond donors (Lipinski definition) is 2. The van der Waals surface area contributed by atoms with Crippen LogP contribution in [-0.4, -0.2) is 18.3 Å². The summed E-state index contributed by atoms with van der Waals surface area (Å²) >= 11 is 5.99. The summed E-state index contributed by atoms with van der Waals surface area (Å²) in [6.45, 7) is 0.824. The highest BCUT2D eigenvalue weighted by Crippen LogP contribution is 2.31. The van der Waals surface area contributed by atoms with E-state index in [0.29, 0.717) is 23.7 Å². The molecule has 0 fully saturated rings. The first-order valence-corrected chi connectivity index (χ1v) is 6.54. The van der Waals surface area contributed by atoms with E-state index >= 15 is 0 Å². The minimum absolute atomic E-state index is 0.155. The van der Waals surface area contributed by atoms with Crippen LogP contribution in [0.4, 0.5) is 5.69 Å². The number of halogens is 1. The Kier molecular flexibility index (Phi) is 5.07. The lowest BCUT2D eigenvalue weighted by atomic mass is 10.2. The number of benzene rings is 2. The molecule has 0 atom stereocenters. The fourth-order valence-electron chi connectivity index (χ4n) is 1.65. The molecule has 0 radical (unpaired) electrons. The van der Waals surface area contributed by atoms with E-state index in [2.05, 4.69) is 5.32 Å². The average Bonchev–Trinajstić information content (AvgIpc) is 2.43. The molecule has 0 bridgehead atoms. The van der Waals surface area contributed by atoms with Gasteiger partial charge in [-0.3, -0.25) is 0 Å². The number of nitrogens with one attached hydrogen (secondary N) is 1. The molecule has 0 aliphatic rings. The van der Waals surface area contributed by atoms with Crippen molar-refractivity contribution >= 4 is 17.3 Å². The number of anilines is 1. The molecule has 0 aromatic heterocycles. The maximum absolute atomic E-state index is 8.81. The number of aliphatic hydroxyl groups is 1. The Morgan fingerprint density at radius 1 is 1.11 bits per heavy atom. The van der Waals surface area contributed by atoms with Gasteiger partial charge in [0, 0.05) is 18.2 Å². The predicted molar refractivity (Wildman–Crippen MR) is 78.2 cm³/mol. The van der Waals surface area contributed by atoms with E-state index in [4.69, 9.17) is 21.4 Å². The highest BCUT2D eigenvalue weighted by atomic mass is 35.5. The van der Waals surface area contributed by atoms with E-state index in [1.807, 2.05) is 42.5 Å². The Labute approximate surface area is 117 Å². The molecule has 0 amide bonds. The van der Waals surface area contributed by atoms with Gasteiger partial charge < -0.3 is 15.2 Å². The first-order valence-electron chi connectivity index (χ1n) is 6.17. The van der Waals surface area contributed by atoms with Gasteiger partial charge in [0.15, 0.2) is 5.75 Å². The summed E-state index contributed by atoms with van der Waals surface area (Å²) in [7, 11) is 0. The first kappa shape index (κ1) is 13.7. The Morgan fingerprint density at radius 3 is 2.63 bits per heavy atom. The van der Waals surface area contributed by atoms with Crippen LogP contribution >= 0.6 is 11.6 Å². The van der Waals surface area contributed by atoms with E-state index in [-0.39, 0.29) is 6.61 Å². The van der Waals surface area contributed by atoms with Gasteiger partial charge in [0.25, 0.3) is 0 Å². The molecule has 0 spiro atoms.